The average Bonchev–Trinajstić information content (AvgIpc) is 1.00. The molecular formula is CH6KNO. The van der Waals surface area contributed by atoms with E-state index < -0.39 is 0 Å². The molecule has 0 atom stereocenters. The maximum Gasteiger partial charge on any atom is 1.00 e. The third kappa shape index (κ3) is 9.59. The topological polar surface area (TPSA) is 56.0 Å². The summed E-state index contributed by atoms with van der Waals surface area (Å²) in [5.41, 5.74) is 4.50. The van der Waals surface area contributed by atoms with Gasteiger partial charge in [0.1, 0.15) is 0 Å². The average molecular weight is 87.2 g/mol. The van der Waals surface area contributed by atoms with Gasteiger partial charge in [-0.05, 0) is 7.05 Å². The molecule has 2 nitrogen and oxygen atoms in total. The summed E-state index contributed by atoms with van der Waals surface area (Å²) in [6.07, 6.45) is 0. The Kier molecular flexibility index (Phi) is 105. The molecule has 0 saturated carbocycles. The fraction of sp³-hybridized carbons (Fsp3) is 1.00. The first-order valence-electron chi connectivity index (χ1n) is 0.577. The molecule has 0 aliphatic heterocycles. The van der Waals surface area contributed by atoms with E-state index in [-0.39, 0.29) is 56.9 Å². The molecule has 3 heteroatoms. The van der Waals surface area contributed by atoms with Crippen LogP contribution in [0.2, 0.25) is 0 Å². The van der Waals surface area contributed by atoms with Crippen molar-refractivity contribution in [3.63, 3.8) is 0 Å². The van der Waals surface area contributed by atoms with E-state index in [0.29, 0.717) is 0 Å². The van der Waals surface area contributed by atoms with Crippen LogP contribution in [-0.2, 0) is 0 Å². The second kappa shape index (κ2) is 23.8. The number of hydrogen-bond donors (Lipinski definition) is 1. The summed E-state index contributed by atoms with van der Waals surface area (Å²) in [6.45, 7) is 0. The monoisotopic (exact) mass is 87.0 g/mol. The van der Waals surface area contributed by atoms with Gasteiger partial charge in [0.2, 0.25) is 0 Å². The van der Waals surface area contributed by atoms with Crippen molar-refractivity contribution in [3.8, 4) is 0 Å². The smallest absolute Gasteiger partial charge is 0.870 e. The van der Waals surface area contributed by atoms with Gasteiger partial charge >= 0.3 is 51.4 Å². The van der Waals surface area contributed by atoms with Crippen LogP contribution in [0.25, 0.3) is 0 Å². The van der Waals surface area contributed by atoms with Gasteiger partial charge in [0, 0.05) is 0 Å². The van der Waals surface area contributed by atoms with Crippen molar-refractivity contribution in [2.45, 2.75) is 0 Å². The van der Waals surface area contributed by atoms with Crippen LogP contribution in [0, 0.1) is 0 Å². The standard InChI is InChI=1S/CH5N.K.H2O/c1-2;;/h2H2,1H3;;1H2/q;+1;/p-1. The van der Waals surface area contributed by atoms with E-state index >= 15 is 0 Å². The Hall–Kier alpha value is 1.56. The molecule has 0 aromatic carbocycles. The number of nitrogens with two attached hydrogens (primary N) is 1. The van der Waals surface area contributed by atoms with Crippen LogP contribution in [0.4, 0.5) is 0 Å². The van der Waals surface area contributed by atoms with Crippen molar-refractivity contribution < 1.29 is 56.9 Å². The molecule has 0 saturated heterocycles. The maximum absolute atomic E-state index is 4.50. The predicted octanol–water partition coefficient (Wildman–Crippen LogP) is -3.60. The van der Waals surface area contributed by atoms with Gasteiger partial charge in [-0.3, -0.25) is 0 Å². The minimum Gasteiger partial charge on any atom is -0.870 e. The Morgan fingerprint density at radius 1 is 1.25 bits per heavy atom. The Morgan fingerprint density at radius 2 is 1.25 bits per heavy atom. The van der Waals surface area contributed by atoms with E-state index in [1.54, 1.807) is 0 Å². The molecule has 0 radical (unpaired) electrons. The minimum absolute atomic E-state index is 0. The quantitative estimate of drug-likeness (QED) is 0.310. The number of rotatable bonds is 0. The van der Waals surface area contributed by atoms with Gasteiger partial charge in [0.25, 0.3) is 0 Å². The summed E-state index contributed by atoms with van der Waals surface area (Å²) in [4.78, 5) is 0. The molecule has 0 amide bonds. The third-order valence-electron chi connectivity index (χ3n) is 0. The van der Waals surface area contributed by atoms with Crippen molar-refractivity contribution in [2.75, 3.05) is 7.05 Å². The minimum atomic E-state index is 0. The molecule has 3 N–H and O–H groups in total. The Labute approximate surface area is 68.5 Å². The second-order valence-corrected chi connectivity index (χ2v) is 0. The fourth-order valence-corrected chi connectivity index (χ4v) is 0. The van der Waals surface area contributed by atoms with Gasteiger partial charge < -0.3 is 11.2 Å². The summed E-state index contributed by atoms with van der Waals surface area (Å²) >= 11 is 0. The molecule has 0 bridgehead atoms. The first kappa shape index (κ1) is 17.7. The van der Waals surface area contributed by atoms with E-state index in [2.05, 4.69) is 5.73 Å². The molecule has 4 heavy (non-hydrogen) atoms. The maximum atomic E-state index is 4.50. The first-order chi connectivity index (χ1) is 1.00. The van der Waals surface area contributed by atoms with E-state index in [1.165, 1.54) is 7.05 Å². The Bertz CT molecular complexity index is 8.00. The van der Waals surface area contributed by atoms with Gasteiger partial charge in [-0.15, -0.1) is 0 Å². The molecule has 0 fully saturated rings. The predicted molar refractivity (Wildman–Crippen MR) is 12.0 cm³/mol. The van der Waals surface area contributed by atoms with E-state index in [9.17, 15) is 0 Å². The van der Waals surface area contributed by atoms with Crippen LogP contribution in [0.15, 0.2) is 0 Å². The zero-order valence-electron chi connectivity index (χ0n) is 3.02. The molecule has 0 aromatic heterocycles. The SMILES string of the molecule is CN.[K+].[OH-]. The molecule has 0 heterocycles. The van der Waals surface area contributed by atoms with Crippen LogP contribution >= 0.6 is 0 Å². The van der Waals surface area contributed by atoms with Crippen molar-refractivity contribution in [3.05, 3.63) is 0 Å². The van der Waals surface area contributed by atoms with Crippen LogP contribution < -0.4 is 57.1 Å². The number of hydrogen-bond acceptors (Lipinski definition) is 2. The summed E-state index contributed by atoms with van der Waals surface area (Å²) in [7, 11) is 1.50. The van der Waals surface area contributed by atoms with Crippen LogP contribution in [0.5, 0.6) is 0 Å². The van der Waals surface area contributed by atoms with Crippen molar-refractivity contribution in [1.82, 2.24) is 0 Å². The van der Waals surface area contributed by atoms with Gasteiger partial charge in [-0.1, -0.05) is 0 Å². The van der Waals surface area contributed by atoms with E-state index in [1.807, 2.05) is 0 Å². The summed E-state index contributed by atoms with van der Waals surface area (Å²) < 4.78 is 0. The molecule has 0 rings (SSSR count). The molecule has 0 aliphatic carbocycles. The third-order valence-corrected chi connectivity index (χ3v) is 0. The van der Waals surface area contributed by atoms with Gasteiger partial charge in [0.05, 0.1) is 0 Å². The van der Waals surface area contributed by atoms with E-state index in [0.717, 1.165) is 0 Å². The van der Waals surface area contributed by atoms with Crippen molar-refractivity contribution in [2.24, 2.45) is 5.73 Å². The fourth-order valence-electron chi connectivity index (χ4n) is 0. The Morgan fingerprint density at radius 3 is 1.25 bits per heavy atom. The van der Waals surface area contributed by atoms with Gasteiger partial charge in [-0.2, -0.15) is 0 Å². The second-order valence-electron chi connectivity index (χ2n) is 0. The van der Waals surface area contributed by atoms with Crippen molar-refractivity contribution >= 4 is 0 Å². The van der Waals surface area contributed by atoms with Gasteiger partial charge in [-0.25, -0.2) is 0 Å². The molecule has 0 aromatic rings. The largest absolute Gasteiger partial charge is 1.00 e. The summed E-state index contributed by atoms with van der Waals surface area (Å²) in [6, 6.07) is 0. The summed E-state index contributed by atoms with van der Waals surface area (Å²) in [5.74, 6) is 0. The van der Waals surface area contributed by atoms with Crippen LogP contribution in [-0.4, -0.2) is 12.5 Å². The first-order valence-corrected chi connectivity index (χ1v) is 0.577. The van der Waals surface area contributed by atoms with Crippen LogP contribution in [0.3, 0.4) is 0 Å². The molecule has 0 spiro atoms. The zero-order chi connectivity index (χ0) is 2.00. The molecule has 0 unspecified atom stereocenters. The van der Waals surface area contributed by atoms with E-state index in [4.69, 9.17) is 0 Å². The molecular weight excluding hydrogens is 81.1 g/mol. The molecule has 22 valence electrons. The van der Waals surface area contributed by atoms with Gasteiger partial charge in [0.15, 0.2) is 0 Å². The summed E-state index contributed by atoms with van der Waals surface area (Å²) in [5, 5.41) is 0. The zero-order valence-corrected chi connectivity index (χ0v) is 6.15. The van der Waals surface area contributed by atoms with Crippen molar-refractivity contribution in [1.29, 1.82) is 0 Å². The Balaban J connectivity index is -0.00000000500. The van der Waals surface area contributed by atoms with Crippen LogP contribution in [0.1, 0.15) is 0 Å². The molecule has 0 aliphatic rings. The normalized spacial score (nSPS) is 1.50.